The largest absolute Gasteiger partial charge is 0.461 e. The van der Waals surface area contributed by atoms with E-state index in [0.29, 0.717) is 17.9 Å². The molecular weight excluding hydrogens is 206 g/mol. The first kappa shape index (κ1) is 10.6. The van der Waals surface area contributed by atoms with Crippen LogP contribution in [0.25, 0.3) is 11.2 Å². The number of aryl methyl sites for hydroxylation is 1. The molecule has 0 bridgehead atoms. The molecule has 5 nitrogen and oxygen atoms in total. The van der Waals surface area contributed by atoms with E-state index < -0.39 is 5.97 Å². The Bertz CT molecular complexity index is 519. The summed E-state index contributed by atoms with van der Waals surface area (Å²) < 4.78 is 6.78. The van der Waals surface area contributed by atoms with Crippen LogP contribution in [-0.2, 0) is 11.3 Å². The number of imidazole rings is 1. The van der Waals surface area contributed by atoms with Crippen LogP contribution in [0.1, 0.15) is 24.3 Å². The number of fused-ring (bicyclic) bond motifs is 1. The predicted octanol–water partition coefficient (Wildman–Crippen LogP) is 1.63. The van der Waals surface area contributed by atoms with E-state index in [-0.39, 0.29) is 0 Å². The highest BCUT2D eigenvalue weighted by atomic mass is 16.5. The monoisotopic (exact) mass is 219 g/mol. The summed E-state index contributed by atoms with van der Waals surface area (Å²) >= 11 is 0. The van der Waals surface area contributed by atoms with Gasteiger partial charge in [-0.2, -0.15) is 0 Å². The van der Waals surface area contributed by atoms with Gasteiger partial charge in [0.15, 0.2) is 11.3 Å². The molecular formula is C11H13N3O2. The Labute approximate surface area is 93.1 Å². The molecule has 0 spiro atoms. The first-order valence-corrected chi connectivity index (χ1v) is 5.25. The fourth-order valence-electron chi connectivity index (χ4n) is 1.49. The van der Waals surface area contributed by atoms with Gasteiger partial charge in [0.05, 0.1) is 12.9 Å². The van der Waals surface area contributed by atoms with Crippen molar-refractivity contribution in [3.8, 4) is 0 Å². The second-order valence-electron chi connectivity index (χ2n) is 3.29. The standard InChI is InChI=1S/C11H13N3O2/c1-3-14-7-12-8-5-6-9(13-10(8)14)11(15)16-4-2/h5-7H,3-4H2,1-2H3. The van der Waals surface area contributed by atoms with E-state index in [1.165, 1.54) is 0 Å². The predicted molar refractivity (Wildman–Crippen MR) is 59.2 cm³/mol. The molecule has 0 fully saturated rings. The summed E-state index contributed by atoms with van der Waals surface area (Å²) in [5.74, 6) is -0.395. The number of aromatic nitrogens is 3. The maximum Gasteiger partial charge on any atom is 0.357 e. The van der Waals surface area contributed by atoms with Crippen molar-refractivity contribution in [2.45, 2.75) is 20.4 Å². The lowest BCUT2D eigenvalue weighted by Crippen LogP contribution is -2.07. The Morgan fingerprint density at radius 2 is 2.25 bits per heavy atom. The van der Waals surface area contributed by atoms with Crippen molar-refractivity contribution in [3.05, 3.63) is 24.2 Å². The van der Waals surface area contributed by atoms with Gasteiger partial charge < -0.3 is 9.30 Å². The van der Waals surface area contributed by atoms with Crippen LogP contribution in [0.15, 0.2) is 18.5 Å². The number of rotatable bonds is 3. The first-order valence-electron chi connectivity index (χ1n) is 5.25. The van der Waals surface area contributed by atoms with Gasteiger partial charge in [-0.1, -0.05) is 0 Å². The zero-order chi connectivity index (χ0) is 11.5. The quantitative estimate of drug-likeness (QED) is 0.736. The topological polar surface area (TPSA) is 57.0 Å². The lowest BCUT2D eigenvalue weighted by Gasteiger charge is -2.02. The second-order valence-corrected chi connectivity index (χ2v) is 3.29. The van der Waals surface area contributed by atoms with Crippen molar-refractivity contribution in [1.29, 1.82) is 0 Å². The van der Waals surface area contributed by atoms with Crippen LogP contribution < -0.4 is 0 Å². The lowest BCUT2D eigenvalue weighted by molar-refractivity contribution is 0.0520. The summed E-state index contributed by atoms with van der Waals surface area (Å²) in [6.45, 7) is 4.90. The Morgan fingerprint density at radius 1 is 1.44 bits per heavy atom. The second kappa shape index (κ2) is 4.30. The molecule has 2 heterocycles. The van der Waals surface area contributed by atoms with Crippen molar-refractivity contribution in [2.75, 3.05) is 6.61 Å². The number of nitrogens with zero attached hydrogens (tertiary/aromatic N) is 3. The van der Waals surface area contributed by atoms with Crippen LogP contribution in [0.4, 0.5) is 0 Å². The molecule has 84 valence electrons. The van der Waals surface area contributed by atoms with Crippen molar-refractivity contribution in [1.82, 2.24) is 14.5 Å². The molecule has 2 rings (SSSR count). The minimum absolute atomic E-state index is 0.324. The summed E-state index contributed by atoms with van der Waals surface area (Å²) in [5, 5.41) is 0. The number of esters is 1. The van der Waals surface area contributed by atoms with Gasteiger partial charge in [0.25, 0.3) is 0 Å². The van der Waals surface area contributed by atoms with Crippen LogP contribution >= 0.6 is 0 Å². The normalized spacial score (nSPS) is 10.6. The maximum absolute atomic E-state index is 11.5. The molecule has 0 aromatic carbocycles. The van der Waals surface area contributed by atoms with Gasteiger partial charge in [0.1, 0.15) is 5.52 Å². The highest BCUT2D eigenvalue weighted by Crippen LogP contribution is 2.11. The molecule has 16 heavy (non-hydrogen) atoms. The van der Waals surface area contributed by atoms with Gasteiger partial charge in [-0.15, -0.1) is 0 Å². The molecule has 5 heteroatoms. The van der Waals surface area contributed by atoms with Crippen molar-refractivity contribution in [3.63, 3.8) is 0 Å². The number of hydrogen-bond donors (Lipinski definition) is 0. The first-order chi connectivity index (χ1) is 7.76. The molecule has 0 aliphatic heterocycles. The van der Waals surface area contributed by atoms with Gasteiger partial charge in [0.2, 0.25) is 0 Å². The molecule has 0 amide bonds. The van der Waals surface area contributed by atoms with E-state index in [1.807, 2.05) is 11.5 Å². The zero-order valence-electron chi connectivity index (χ0n) is 9.30. The van der Waals surface area contributed by atoms with E-state index in [2.05, 4.69) is 9.97 Å². The summed E-state index contributed by atoms with van der Waals surface area (Å²) in [6, 6.07) is 3.41. The van der Waals surface area contributed by atoms with Crippen LogP contribution in [0.5, 0.6) is 0 Å². The summed E-state index contributed by atoms with van der Waals surface area (Å²) in [4.78, 5) is 19.9. The van der Waals surface area contributed by atoms with Crippen LogP contribution in [0.2, 0.25) is 0 Å². The molecule has 0 saturated heterocycles. The molecule has 0 saturated carbocycles. The van der Waals surface area contributed by atoms with Crippen LogP contribution in [-0.4, -0.2) is 27.1 Å². The Morgan fingerprint density at radius 3 is 2.94 bits per heavy atom. The highest BCUT2D eigenvalue weighted by Gasteiger charge is 2.11. The minimum atomic E-state index is -0.395. The zero-order valence-corrected chi connectivity index (χ0v) is 9.30. The SMILES string of the molecule is CCOC(=O)c1ccc2ncn(CC)c2n1. The average molecular weight is 219 g/mol. The molecule has 0 aliphatic rings. The Balaban J connectivity index is 2.45. The van der Waals surface area contributed by atoms with Crippen molar-refractivity contribution in [2.24, 2.45) is 0 Å². The van der Waals surface area contributed by atoms with Crippen molar-refractivity contribution < 1.29 is 9.53 Å². The number of ether oxygens (including phenoxy) is 1. The third-order valence-corrected chi connectivity index (χ3v) is 2.29. The fraction of sp³-hybridized carbons (Fsp3) is 0.364. The highest BCUT2D eigenvalue weighted by molar-refractivity contribution is 5.89. The number of pyridine rings is 1. The minimum Gasteiger partial charge on any atom is -0.461 e. The summed E-state index contributed by atoms with van der Waals surface area (Å²) in [5.41, 5.74) is 1.83. The van der Waals surface area contributed by atoms with Gasteiger partial charge >= 0.3 is 5.97 Å². The van der Waals surface area contributed by atoms with Crippen LogP contribution in [0.3, 0.4) is 0 Å². The van der Waals surface area contributed by atoms with E-state index >= 15 is 0 Å². The smallest absolute Gasteiger partial charge is 0.357 e. The van der Waals surface area contributed by atoms with E-state index in [4.69, 9.17) is 4.74 Å². The van der Waals surface area contributed by atoms with Gasteiger partial charge in [-0.05, 0) is 26.0 Å². The third-order valence-electron chi connectivity index (χ3n) is 2.29. The van der Waals surface area contributed by atoms with Crippen molar-refractivity contribution >= 4 is 17.1 Å². The lowest BCUT2D eigenvalue weighted by atomic mass is 10.3. The molecule has 0 N–H and O–H groups in total. The van der Waals surface area contributed by atoms with E-state index in [1.54, 1.807) is 25.4 Å². The molecule has 0 radical (unpaired) electrons. The van der Waals surface area contributed by atoms with Crippen LogP contribution in [0, 0.1) is 0 Å². The molecule has 0 atom stereocenters. The molecule has 2 aromatic rings. The summed E-state index contributed by atoms with van der Waals surface area (Å²) in [7, 11) is 0. The van der Waals surface area contributed by atoms with Gasteiger partial charge in [-0.3, -0.25) is 0 Å². The maximum atomic E-state index is 11.5. The third kappa shape index (κ3) is 1.76. The summed E-state index contributed by atoms with van der Waals surface area (Å²) in [6.07, 6.45) is 1.71. The van der Waals surface area contributed by atoms with Gasteiger partial charge in [-0.25, -0.2) is 14.8 Å². The Kier molecular flexibility index (Phi) is 2.85. The molecule has 0 unspecified atom stereocenters. The molecule has 0 aliphatic carbocycles. The number of hydrogen-bond acceptors (Lipinski definition) is 4. The molecule has 2 aromatic heterocycles. The number of carbonyl (C=O) groups excluding carboxylic acids is 1. The van der Waals surface area contributed by atoms with E-state index in [0.717, 1.165) is 12.1 Å². The Hall–Kier alpha value is -1.91. The number of carbonyl (C=O) groups is 1. The average Bonchev–Trinajstić information content (AvgIpc) is 2.71. The van der Waals surface area contributed by atoms with E-state index in [9.17, 15) is 4.79 Å². The van der Waals surface area contributed by atoms with Gasteiger partial charge in [0, 0.05) is 6.54 Å². The fourth-order valence-corrected chi connectivity index (χ4v) is 1.49.